The number of hydrogen-bond donors (Lipinski definition) is 1. The van der Waals surface area contributed by atoms with Gasteiger partial charge in [0.2, 0.25) is 0 Å². The summed E-state index contributed by atoms with van der Waals surface area (Å²) in [6, 6.07) is 9.89. The second kappa shape index (κ2) is 9.20. The highest BCUT2D eigenvalue weighted by Gasteiger charge is 2.19. The summed E-state index contributed by atoms with van der Waals surface area (Å²) in [5.41, 5.74) is 0.0363. The molecule has 0 aliphatic heterocycles. The molecule has 0 fully saturated rings. The molecule has 142 valence electrons. The lowest BCUT2D eigenvalue weighted by Gasteiger charge is -2.15. The fourth-order valence-corrected chi connectivity index (χ4v) is 2.41. The Morgan fingerprint density at radius 2 is 1.96 bits per heavy atom. The number of benzene rings is 2. The number of non-ortho nitro benzene ring substituents is 1. The number of rotatable bonds is 7. The standard InChI is InChI=1S/C17H14Cl2N2O6/c1-10(27-15-6-5-11(18)7-14(15)19)17(23)26-9-16(22)20-12-3-2-4-13(8-12)21(24)25/h2-8,10H,9H2,1H3,(H,20,22)/t10-/m0/s1. The van der Waals surface area contributed by atoms with Crippen molar-refractivity contribution < 1.29 is 24.0 Å². The van der Waals surface area contributed by atoms with E-state index in [-0.39, 0.29) is 22.1 Å². The van der Waals surface area contributed by atoms with Crippen LogP contribution in [0.15, 0.2) is 42.5 Å². The number of carbonyl (C=O) groups excluding carboxylic acids is 2. The largest absolute Gasteiger partial charge is 0.477 e. The summed E-state index contributed by atoms with van der Waals surface area (Å²) in [4.78, 5) is 33.9. The maximum atomic E-state index is 11.9. The topological polar surface area (TPSA) is 108 Å². The smallest absolute Gasteiger partial charge is 0.347 e. The van der Waals surface area contributed by atoms with Crippen molar-refractivity contribution in [3.8, 4) is 5.75 Å². The van der Waals surface area contributed by atoms with Crippen LogP contribution in [0, 0.1) is 10.1 Å². The van der Waals surface area contributed by atoms with Crippen LogP contribution >= 0.6 is 23.2 Å². The van der Waals surface area contributed by atoms with E-state index in [0.717, 1.165) is 0 Å². The molecule has 0 unspecified atom stereocenters. The highest BCUT2D eigenvalue weighted by atomic mass is 35.5. The van der Waals surface area contributed by atoms with Crippen molar-refractivity contribution in [1.29, 1.82) is 0 Å². The molecule has 1 N–H and O–H groups in total. The molecule has 0 spiro atoms. The van der Waals surface area contributed by atoms with E-state index in [4.69, 9.17) is 32.7 Å². The third-order valence-electron chi connectivity index (χ3n) is 3.22. The molecule has 27 heavy (non-hydrogen) atoms. The molecule has 0 saturated heterocycles. The van der Waals surface area contributed by atoms with Crippen molar-refractivity contribution in [1.82, 2.24) is 0 Å². The second-order valence-corrected chi connectivity index (χ2v) is 6.14. The van der Waals surface area contributed by atoms with E-state index < -0.39 is 29.5 Å². The predicted octanol–water partition coefficient (Wildman–Crippen LogP) is 3.85. The van der Waals surface area contributed by atoms with Gasteiger partial charge in [-0.2, -0.15) is 0 Å². The fraction of sp³-hybridized carbons (Fsp3) is 0.176. The van der Waals surface area contributed by atoms with E-state index in [1.807, 2.05) is 0 Å². The summed E-state index contributed by atoms with van der Waals surface area (Å²) in [5, 5.41) is 13.8. The molecule has 0 radical (unpaired) electrons. The van der Waals surface area contributed by atoms with E-state index in [1.54, 1.807) is 6.07 Å². The molecule has 0 heterocycles. The van der Waals surface area contributed by atoms with Gasteiger partial charge in [-0.15, -0.1) is 0 Å². The van der Waals surface area contributed by atoms with Crippen molar-refractivity contribution in [2.45, 2.75) is 13.0 Å². The molecule has 2 rings (SSSR count). The Morgan fingerprint density at radius 3 is 2.63 bits per heavy atom. The average molecular weight is 413 g/mol. The number of hydrogen-bond acceptors (Lipinski definition) is 6. The fourth-order valence-electron chi connectivity index (χ4n) is 1.96. The number of carbonyl (C=O) groups is 2. The molecular weight excluding hydrogens is 399 g/mol. The zero-order valence-corrected chi connectivity index (χ0v) is 15.5. The number of anilines is 1. The Hall–Kier alpha value is -2.84. The van der Waals surface area contributed by atoms with Gasteiger partial charge in [0.05, 0.1) is 9.95 Å². The highest BCUT2D eigenvalue weighted by Crippen LogP contribution is 2.28. The highest BCUT2D eigenvalue weighted by molar-refractivity contribution is 6.35. The third-order valence-corrected chi connectivity index (χ3v) is 3.75. The Labute approximate surface area is 164 Å². The third kappa shape index (κ3) is 6.12. The number of nitro groups is 1. The van der Waals surface area contributed by atoms with Gasteiger partial charge in [-0.25, -0.2) is 4.79 Å². The van der Waals surface area contributed by atoms with Crippen LogP contribution in [-0.2, 0) is 14.3 Å². The van der Waals surface area contributed by atoms with Gasteiger partial charge in [0, 0.05) is 22.8 Å². The van der Waals surface area contributed by atoms with Crippen molar-refractivity contribution >= 4 is 46.5 Å². The molecule has 1 atom stereocenters. The number of ether oxygens (including phenoxy) is 2. The molecule has 1 amide bonds. The van der Waals surface area contributed by atoms with E-state index in [9.17, 15) is 19.7 Å². The summed E-state index contributed by atoms with van der Waals surface area (Å²) >= 11 is 11.7. The van der Waals surface area contributed by atoms with Crippen LogP contribution in [0.4, 0.5) is 11.4 Å². The molecule has 0 bridgehead atoms. The summed E-state index contributed by atoms with van der Waals surface area (Å²) in [6.07, 6.45) is -1.02. The van der Waals surface area contributed by atoms with E-state index in [0.29, 0.717) is 5.02 Å². The lowest BCUT2D eigenvalue weighted by Crippen LogP contribution is -2.29. The first-order valence-electron chi connectivity index (χ1n) is 7.59. The minimum atomic E-state index is -1.02. The molecule has 10 heteroatoms. The van der Waals surface area contributed by atoms with Crippen LogP contribution in [0.5, 0.6) is 5.75 Å². The molecule has 0 saturated carbocycles. The predicted molar refractivity (Wildman–Crippen MR) is 99.2 cm³/mol. The van der Waals surface area contributed by atoms with Crippen LogP contribution in [0.25, 0.3) is 0 Å². The summed E-state index contributed by atoms with van der Waals surface area (Å²) in [7, 11) is 0. The number of nitrogens with zero attached hydrogens (tertiary/aromatic N) is 1. The summed E-state index contributed by atoms with van der Waals surface area (Å²) in [6.45, 7) is 0.856. The summed E-state index contributed by atoms with van der Waals surface area (Å²) in [5.74, 6) is -1.19. The molecule has 8 nitrogen and oxygen atoms in total. The molecular formula is C17H14Cl2N2O6. The van der Waals surface area contributed by atoms with Gasteiger partial charge < -0.3 is 14.8 Å². The van der Waals surface area contributed by atoms with E-state index >= 15 is 0 Å². The van der Waals surface area contributed by atoms with Crippen LogP contribution in [-0.4, -0.2) is 29.5 Å². The van der Waals surface area contributed by atoms with Crippen LogP contribution in [0.2, 0.25) is 10.0 Å². The molecule has 2 aromatic carbocycles. The van der Waals surface area contributed by atoms with Gasteiger partial charge >= 0.3 is 5.97 Å². The van der Waals surface area contributed by atoms with Crippen molar-refractivity contribution in [2.75, 3.05) is 11.9 Å². The van der Waals surface area contributed by atoms with E-state index in [1.165, 1.54) is 43.3 Å². The monoisotopic (exact) mass is 412 g/mol. The molecule has 0 aliphatic carbocycles. The van der Waals surface area contributed by atoms with Crippen molar-refractivity contribution in [2.24, 2.45) is 0 Å². The number of amides is 1. The normalized spacial score (nSPS) is 11.4. The van der Waals surface area contributed by atoms with Gasteiger partial charge in [0.1, 0.15) is 5.75 Å². The van der Waals surface area contributed by atoms with Crippen LogP contribution in [0.3, 0.4) is 0 Å². The number of esters is 1. The minimum Gasteiger partial charge on any atom is -0.477 e. The Morgan fingerprint density at radius 1 is 1.22 bits per heavy atom. The summed E-state index contributed by atoms with van der Waals surface area (Å²) < 4.78 is 10.3. The Kier molecular flexibility index (Phi) is 6.98. The Balaban J connectivity index is 1.86. The first-order valence-corrected chi connectivity index (χ1v) is 8.34. The van der Waals surface area contributed by atoms with Gasteiger partial charge in [-0.1, -0.05) is 29.3 Å². The SMILES string of the molecule is C[C@H](Oc1ccc(Cl)cc1Cl)C(=O)OCC(=O)Nc1cccc([N+](=O)[O-])c1. The zero-order chi connectivity index (χ0) is 20.0. The number of nitrogens with one attached hydrogen (secondary N) is 1. The maximum absolute atomic E-state index is 11.9. The molecule has 0 aromatic heterocycles. The zero-order valence-electron chi connectivity index (χ0n) is 14.0. The van der Waals surface area contributed by atoms with Gasteiger partial charge in [-0.3, -0.25) is 14.9 Å². The minimum absolute atomic E-state index is 0.174. The lowest BCUT2D eigenvalue weighted by atomic mass is 10.3. The second-order valence-electron chi connectivity index (χ2n) is 5.30. The van der Waals surface area contributed by atoms with Gasteiger partial charge in [0.15, 0.2) is 12.7 Å². The van der Waals surface area contributed by atoms with Crippen LogP contribution in [0.1, 0.15) is 6.92 Å². The van der Waals surface area contributed by atoms with Crippen LogP contribution < -0.4 is 10.1 Å². The van der Waals surface area contributed by atoms with Crippen molar-refractivity contribution in [3.05, 3.63) is 62.6 Å². The van der Waals surface area contributed by atoms with Gasteiger partial charge in [-0.05, 0) is 31.2 Å². The Bertz CT molecular complexity index is 874. The van der Waals surface area contributed by atoms with Gasteiger partial charge in [0.25, 0.3) is 11.6 Å². The van der Waals surface area contributed by atoms with E-state index in [2.05, 4.69) is 5.32 Å². The molecule has 0 aliphatic rings. The lowest BCUT2D eigenvalue weighted by molar-refractivity contribution is -0.384. The number of nitro benzene ring substituents is 1. The average Bonchev–Trinajstić information content (AvgIpc) is 2.62. The first-order chi connectivity index (χ1) is 12.8. The number of halogens is 2. The molecule has 2 aromatic rings. The van der Waals surface area contributed by atoms with Crippen molar-refractivity contribution in [3.63, 3.8) is 0 Å². The first kappa shape index (κ1) is 20.5. The maximum Gasteiger partial charge on any atom is 0.347 e. The quantitative estimate of drug-likeness (QED) is 0.420.